The second kappa shape index (κ2) is 4.59. The summed E-state index contributed by atoms with van der Waals surface area (Å²) in [6, 6.07) is 0. The Morgan fingerprint density at radius 1 is 1.27 bits per heavy atom. The molecule has 2 aliphatic rings. The van der Waals surface area contributed by atoms with E-state index in [1.54, 1.807) is 10.7 Å². The highest BCUT2D eigenvalue weighted by atomic mass is 16.8. The number of anilines is 1. The monoisotopic (exact) mass is 306 g/mol. The van der Waals surface area contributed by atoms with Crippen molar-refractivity contribution in [3.05, 3.63) is 18.2 Å². The number of aromatic nitrogens is 4. The van der Waals surface area contributed by atoms with Crippen LogP contribution in [-0.4, -0.2) is 50.2 Å². The third-order valence-electron chi connectivity index (χ3n) is 4.03. The van der Waals surface area contributed by atoms with Crippen molar-refractivity contribution in [3.63, 3.8) is 0 Å². The molecule has 0 aliphatic carbocycles. The predicted molar refractivity (Wildman–Crippen MR) is 75.7 cm³/mol. The van der Waals surface area contributed by atoms with E-state index in [0.717, 1.165) is 5.69 Å². The van der Waals surface area contributed by atoms with Crippen molar-refractivity contribution in [2.24, 2.45) is 5.73 Å². The van der Waals surface area contributed by atoms with E-state index < -0.39 is 5.79 Å². The highest BCUT2D eigenvalue weighted by molar-refractivity contribution is 5.58. The van der Waals surface area contributed by atoms with Gasteiger partial charge in [-0.3, -0.25) is 0 Å². The highest BCUT2D eigenvalue weighted by Crippen LogP contribution is 2.44. The molecule has 0 unspecified atom stereocenters. The minimum atomic E-state index is -0.667. The summed E-state index contributed by atoms with van der Waals surface area (Å²) >= 11 is 0. The van der Waals surface area contributed by atoms with Crippen LogP contribution >= 0.6 is 0 Å². The molecule has 2 aromatic rings. The van der Waals surface area contributed by atoms with Gasteiger partial charge >= 0.3 is 0 Å². The molecule has 0 spiro atoms. The molecule has 0 bridgehead atoms. The van der Waals surface area contributed by atoms with Crippen LogP contribution in [0.2, 0.25) is 0 Å². The highest BCUT2D eigenvalue weighted by Gasteiger charge is 2.55. The topological polar surface area (TPSA) is 123 Å². The molecular weight excluding hydrogens is 288 g/mol. The number of ether oxygens (including phenoxy) is 3. The van der Waals surface area contributed by atoms with Crippen LogP contribution in [0.25, 0.3) is 5.65 Å². The molecule has 4 atom stereocenters. The average molecular weight is 306 g/mol. The molecule has 9 heteroatoms. The zero-order chi connectivity index (χ0) is 15.5. The molecule has 2 saturated heterocycles. The van der Waals surface area contributed by atoms with Gasteiger partial charge < -0.3 is 25.7 Å². The van der Waals surface area contributed by atoms with Gasteiger partial charge in [0.2, 0.25) is 0 Å². The van der Waals surface area contributed by atoms with E-state index in [9.17, 15) is 0 Å². The lowest BCUT2D eigenvalue weighted by atomic mass is 10.1. The number of nitrogens with two attached hydrogens (primary N) is 2. The van der Waals surface area contributed by atoms with E-state index in [0.29, 0.717) is 18.0 Å². The molecule has 4 rings (SSSR count). The first kappa shape index (κ1) is 13.8. The van der Waals surface area contributed by atoms with Crippen molar-refractivity contribution >= 4 is 11.5 Å². The molecule has 9 nitrogen and oxygen atoms in total. The summed E-state index contributed by atoms with van der Waals surface area (Å²) in [6.07, 6.45) is 1.98. The van der Waals surface area contributed by atoms with Gasteiger partial charge in [0.05, 0.1) is 18.0 Å². The van der Waals surface area contributed by atoms with Crippen LogP contribution in [-0.2, 0) is 14.2 Å². The van der Waals surface area contributed by atoms with Crippen LogP contribution < -0.4 is 11.5 Å². The lowest BCUT2D eigenvalue weighted by molar-refractivity contribution is -0.187. The molecule has 2 fully saturated rings. The summed E-state index contributed by atoms with van der Waals surface area (Å²) < 4.78 is 19.6. The Balaban J connectivity index is 1.77. The van der Waals surface area contributed by atoms with Gasteiger partial charge in [-0.2, -0.15) is 5.10 Å². The average Bonchev–Trinajstić information content (AvgIpc) is 3.10. The largest absolute Gasteiger partial charge is 0.381 e. The quantitative estimate of drug-likeness (QED) is 0.770. The van der Waals surface area contributed by atoms with Crippen molar-refractivity contribution in [2.45, 2.75) is 44.1 Å². The maximum Gasteiger partial charge on any atom is 0.196 e. The fraction of sp³-hybridized carbons (Fsp3) is 0.615. The smallest absolute Gasteiger partial charge is 0.196 e. The molecule has 22 heavy (non-hydrogen) atoms. The number of fused-ring (bicyclic) bond motifs is 2. The Morgan fingerprint density at radius 2 is 2.05 bits per heavy atom. The molecule has 0 saturated carbocycles. The third-order valence-corrected chi connectivity index (χ3v) is 4.03. The lowest BCUT2D eigenvalue weighted by Gasteiger charge is -2.23. The fourth-order valence-corrected chi connectivity index (χ4v) is 3.16. The van der Waals surface area contributed by atoms with Gasteiger partial charge in [0.1, 0.15) is 24.6 Å². The molecule has 0 amide bonds. The van der Waals surface area contributed by atoms with Gasteiger partial charge in [0.15, 0.2) is 17.3 Å². The Morgan fingerprint density at radius 3 is 2.82 bits per heavy atom. The predicted octanol–water partition coefficient (Wildman–Crippen LogP) is -0.375. The SMILES string of the molecule is CC1(C)O[C@@H]2[C@H](O1)[C@@H](CN)O[C@H]2c1cnc2c(N)ncnn12. The van der Waals surface area contributed by atoms with E-state index >= 15 is 0 Å². The third kappa shape index (κ3) is 1.90. The van der Waals surface area contributed by atoms with E-state index in [-0.39, 0.29) is 24.4 Å². The zero-order valence-corrected chi connectivity index (χ0v) is 12.3. The van der Waals surface area contributed by atoms with E-state index in [4.69, 9.17) is 25.7 Å². The lowest BCUT2D eigenvalue weighted by Crippen LogP contribution is -2.34. The molecule has 2 aromatic heterocycles. The number of hydrogen-bond acceptors (Lipinski definition) is 8. The number of hydrogen-bond donors (Lipinski definition) is 2. The number of rotatable bonds is 2. The van der Waals surface area contributed by atoms with Gasteiger partial charge in [0.25, 0.3) is 0 Å². The van der Waals surface area contributed by atoms with E-state index in [1.807, 2.05) is 13.8 Å². The van der Waals surface area contributed by atoms with Crippen LogP contribution in [0.1, 0.15) is 25.6 Å². The van der Waals surface area contributed by atoms with Crippen LogP contribution in [0.5, 0.6) is 0 Å². The van der Waals surface area contributed by atoms with Crippen molar-refractivity contribution in [3.8, 4) is 0 Å². The normalized spacial score (nSPS) is 33.4. The maximum absolute atomic E-state index is 6.03. The zero-order valence-electron chi connectivity index (χ0n) is 12.3. The van der Waals surface area contributed by atoms with Crippen molar-refractivity contribution < 1.29 is 14.2 Å². The molecular formula is C13H18N6O3. The second-order valence-electron chi connectivity index (χ2n) is 5.96. The van der Waals surface area contributed by atoms with Gasteiger partial charge in [-0.1, -0.05) is 0 Å². The molecule has 118 valence electrons. The van der Waals surface area contributed by atoms with Crippen LogP contribution in [0.3, 0.4) is 0 Å². The van der Waals surface area contributed by atoms with Gasteiger partial charge in [0, 0.05) is 6.54 Å². The summed E-state index contributed by atoms with van der Waals surface area (Å²) in [5.41, 5.74) is 12.9. The summed E-state index contributed by atoms with van der Waals surface area (Å²) in [5, 5.41) is 4.20. The molecule has 0 radical (unpaired) electrons. The van der Waals surface area contributed by atoms with Gasteiger partial charge in [-0.15, -0.1) is 0 Å². The van der Waals surface area contributed by atoms with Crippen molar-refractivity contribution in [1.82, 2.24) is 19.6 Å². The summed E-state index contributed by atoms with van der Waals surface area (Å²) in [7, 11) is 0. The molecule has 4 heterocycles. The summed E-state index contributed by atoms with van der Waals surface area (Å²) in [6.45, 7) is 4.11. The molecule has 0 aromatic carbocycles. The Kier molecular flexibility index (Phi) is 2.89. The van der Waals surface area contributed by atoms with Crippen LogP contribution in [0.4, 0.5) is 5.82 Å². The second-order valence-corrected chi connectivity index (χ2v) is 5.96. The number of imidazole rings is 1. The number of nitrogen functional groups attached to an aromatic ring is 1. The molecule has 4 N–H and O–H groups in total. The standard InChI is InChI=1S/C13H18N6O3/c1-13(2)21-9-7(3-14)20-8(10(9)22-13)6-4-16-12-11(15)17-5-18-19(6)12/h4-5,7-10H,3,14H2,1-2H3,(H2,15,17,18)/t7-,8+,9-,10+/m1/s1. The Labute approximate surface area is 126 Å². The first-order valence-electron chi connectivity index (χ1n) is 7.15. The first-order chi connectivity index (χ1) is 10.5. The fourth-order valence-electron chi connectivity index (χ4n) is 3.16. The van der Waals surface area contributed by atoms with Crippen molar-refractivity contribution in [2.75, 3.05) is 12.3 Å². The molecule has 2 aliphatic heterocycles. The van der Waals surface area contributed by atoms with Crippen LogP contribution in [0, 0.1) is 0 Å². The minimum absolute atomic E-state index is 0.213. The summed E-state index contributed by atoms with van der Waals surface area (Å²) in [4.78, 5) is 8.20. The minimum Gasteiger partial charge on any atom is -0.381 e. The summed E-state index contributed by atoms with van der Waals surface area (Å²) in [5.74, 6) is -0.352. The van der Waals surface area contributed by atoms with Crippen LogP contribution in [0.15, 0.2) is 12.5 Å². The van der Waals surface area contributed by atoms with Gasteiger partial charge in [-0.25, -0.2) is 14.5 Å². The van der Waals surface area contributed by atoms with E-state index in [2.05, 4.69) is 15.1 Å². The Hall–Kier alpha value is -1.81. The van der Waals surface area contributed by atoms with Gasteiger partial charge in [-0.05, 0) is 13.8 Å². The maximum atomic E-state index is 6.03. The van der Waals surface area contributed by atoms with Crippen molar-refractivity contribution in [1.29, 1.82) is 0 Å². The first-order valence-corrected chi connectivity index (χ1v) is 7.15. The Bertz CT molecular complexity index is 717. The number of nitrogens with zero attached hydrogens (tertiary/aromatic N) is 4. The van der Waals surface area contributed by atoms with E-state index in [1.165, 1.54) is 6.33 Å².